The van der Waals surface area contributed by atoms with Crippen molar-refractivity contribution in [2.24, 2.45) is 0 Å². The van der Waals surface area contributed by atoms with Crippen LogP contribution in [0.1, 0.15) is 13.2 Å². The zero-order valence-corrected chi connectivity index (χ0v) is 9.80. The predicted octanol–water partition coefficient (Wildman–Crippen LogP) is 2.03. The first-order chi connectivity index (χ1) is 8.65. The number of aromatic nitrogens is 1. The number of hydrogen-bond donors (Lipinski definition) is 0. The summed E-state index contributed by atoms with van der Waals surface area (Å²) in [7, 11) is 0. The molecule has 1 unspecified atom stereocenters. The zero-order valence-electron chi connectivity index (χ0n) is 9.80. The second kappa shape index (κ2) is 5.00. The summed E-state index contributed by atoms with van der Waals surface area (Å²) in [6.45, 7) is 1.65. The van der Waals surface area contributed by atoms with Gasteiger partial charge < -0.3 is 4.74 Å². The quantitative estimate of drug-likeness (QED) is 0.782. The van der Waals surface area contributed by atoms with Crippen LogP contribution in [0.15, 0.2) is 41.3 Å². The molecule has 1 atom stereocenters. The van der Waals surface area contributed by atoms with Gasteiger partial charge in [-0.1, -0.05) is 18.2 Å². The van der Waals surface area contributed by atoms with Crippen molar-refractivity contribution in [3.63, 3.8) is 0 Å². The van der Waals surface area contributed by atoms with Gasteiger partial charge in [0.05, 0.1) is 6.61 Å². The third kappa shape index (κ3) is 2.11. The molecule has 18 heavy (non-hydrogen) atoms. The van der Waals surface area contributed by atoms with Crippen molar-refractivity contribution < 1.29 is 13.9 Å². The van der Waals surface area contributed by atoms with Gasteiger partial charge in [0.1, 0.15) is 0 Å². The average molecular weight is 249 g/mol. The fourth-order valence-corrected chi connectivity index (χ4v) is 1.71. The summed E-state index contributed by atoms with van der Waals surface area (Å²) < 4.78 is 19.1. The van der Waals surface area contributed by atoms with E-state index in [0.29, 0.717) is 10.8 Å². The normalized spacial score (nSPS) is 12.3. The minimum atomic E-state index is -2.11. The maximum Gasteiger partial charge on any atom is 0.362 e. The summed E-state index contributed by atoms with van der Waals surface area (Å²) in [5.41, 5.74) is -0.548. The van der Waals surface area contributed by atoms with Crippen molar-refractivity contribution in [3.05, 3.63) is 46.9 Å². The molecule has 4 nitrogen and oxygen atoms in total. The van der Waals surface area contributed by atoms with Gasteiger partial charge in [-0.25, -0.2) is 9.18 Å². The van der Waals surface area contributed by atoms with E-state index in [1.165, 1.54) is 6.20 Å². The van der Waals surface area contributed by atoms with Crippen LogP contribution in [0.25, 0.3) is 10.8 Å². The summed E-state index contributed by atoms with van der Waals surface area (Å²) in [5, 5.41) is 1.07. The molecule has 0 amide bonds. The van der Waals surface area contributed by atoms with Crippen LogP contribution < -0.4 is 5.56 Å². The monoisotopic (exact) mass is 249 g/mol. The molecular weight excluding hydrogens is 237 g/mol. The number of pyridine rings is 1. The molecule has 0 N–H and O–H groups in total. The van der Waals surface area contributed by atoms with Gasteiger partial charge in [-0.15, -0.1) is 0 Å². The fourth-order valence-electron chi connectivity index (χ4n) is 1.71. The Hall–Kier alpha value is -2.17. The standard InChI is InChI=1S/C13H12FNO3/c1-2-18-13(17)11(14)15-8-7-9-5-3-4-6-10(9)12(15)16/h3-8,11H,2H2,1H3. The summed E-state index contributed by atoms with van der Waals surface area (Å²) in [6, 6.07) is 8.39. The second-order valence-electron chi connectivity index (χ2n) is 3.70. The fraction of sp³-hybridized carbons (Fsp3) is 0.231. The Bertz CT molecular complexity index is 635. The van der Waals surface area contributed by atoms with Gasteiger partial charge in [0.2, 0.25) is 0 Å². The van der Waals surface area contributed by atoms with E-state index in [0.717, 1.165) is 4.57 Å². The van der Waals surface area contributed by atoms with Crippen molar-refractivity contribution in [1.29, 1.82) is 0 Å². The zero-order chi connectivity index (χ0) is 13.1. The molecule has 0 spiro atoms. The number of halogens is 1. The third-order valence-electron chi connectivity index (χ3n) is 2.57. The lowest BCUT2D eigenvalue weighted by Crippen LogP contribution is -2.28. The summed E-state index contributed by atoms with van der Waals surface area (Å²) >= 11 is 0. The first-order valence-electron chi connectivity index (χ1n) is 5.55. The first kappa shape index (κ1) is 12.3. The van der Waals surface area contributed by atoms with Gasteiger partial charge in [-0.05, 0) is 24.4 Å². The molecule has 0 aliphatic rings. The molecule has 0 radical (unpaired) electrons. The molecule has 0 aliphatic heterocycles. The van der Waals surface area contributed by atoms with Gasteiger partial charge in [0, 0.05) is 11.6 Å². The van der Waals surface area contributed by atoms with Crippen LogP contribution in [0, 0.1) is 0 Å². The summed E-state index contributed by atoms with van der Waals surface area (Å²) in [6.07, 6.45) is -0.853. The van der Waals surface area contributed by atoms with Crippen molar-refractivity contribution in [2.45, 2.75) is 13.2 Å². The number of rotatable bonds is 3. The Morgan fingerprint density at radius 2 is 2.11 bits per heavy atom. The highest BCUT2D eigenvalue weighted by Gasteiger charge is 2.22. The first-order valence-corrected chi connectivity index (χ1v) is 5.55. The van der Waals surface area contributed by atoms with Crippen LogP contribution in [0.4, 0.5) is 4.39 Å². The van der Waals surface area contributed by atoms with Crippen molar-refractivity contribution in [3.8, 4) is 0 Å². The van der Waals surface area contributed by atoms with E-state index >= 15 is 0 Å². The second-order valence-corrected chi connectivity index (χ2v) is 3.70. The van der Waals surface area contributed by atoms with E-state index in [4.69, 9.17) is 0 Å². The number of esters is 1. The Labute approximate surface area is 103 Å². The number of fused-ring (bicyclic) bond motifs is 1. The molecule has 5 heteroatoms. The maximum atomic E-state index is 13.8. The number of alkyl halides is 1. The lowest BCUT2D eigenvalue weighted by Gasteiger charge is -2.11. The van der Waals surface area contributed by atoms with Gasteiger partial charge in [-0.3, -0.25) is 9.36 Å². The van der Waals surface area contributed by atoms with E-state index in [-0.39, 0.29) is 6.61 Å². The maximum absolute atomic E-state index is 13.8. The largest absolute Gasteiger partial charge is 0.462 e. The average Bonchev–Trinajstić information content (AvgIpc) is 2.39. The highest BCUT2D eigenvalue weighted by molar-refractivity contribution is 5.81. The van der Waals surface area contributed by atoms with Crippen LogP contribution in [-0.2, 0) is 9.53 Å². The van der Waals surface area contributed by atoms with Crippen LogP contribution >= 0.6 is 0 Å². The molecule has 94 valence electrons. The third-order valence-corrected chi connectivity index (χ3v) is 2.57. The molecule has 0 saturated heterocycles. The lowest BCUT2D eigenvalue weighted by molar-refractivity contribution is -0.152. The van der Waals surface area contributed by atoms with E-state index in [1.54, 1.807) is 37.3 Å². The van der Waals surface area contributed by atoms with E-state index in [1.807, 2.05) is 0 Å². The Morgan fingerprint density at radius 3 is 2.83 bits per heavy atom. The summed E-state index contributed by atoms with van der Waals surface area (Å²) in [4.78, 5) is 23.3. The summed E-state index contributed by atoms with van der Waals surface area (Å²) in [5.74, 6) is -1.06. The van der Waals surface area contributed by atoms with Gasteiger partial charge in [0.25, 0.3) is 11.9 Å². The van der Waals surface area contributed by atoms with Crippen LogP contribution in [0.5, 0.6) is 0 Å². The van der Waals surface area contributed by atoms with Crippen LogP contribution in [0.2, 0.25) is 0 Å². The van der Waals surface area contributed by atoms with E-state index < -0.39 is 17.8 Å². The van der Waals surface area contributed by atoms with Crippen molar-refractivity contribution >= 4 is 16.7 Å². The number of carbonyl (C=O) groups is 1. The smallest absolute Gasteiger partial charge is 0.362 e. The molecule has 1 aromatic heterocycles. The Kier molecular flexibility index (Phi) is 3.41. The molecule has 1 aromatic carbocycles. The molecule has 2 rings (SSSR count). The SMILES string of the molecule is CCOC(=O)C(F)n1ccc2ccccc2c1=O. The molecule has 1 heterocycles. The highest BCUT2D eigenvalue weighted by atomic mass is 19.1. The van der Waals surface area contributed by atoms with Crippen molar-refractivity contribution in [2.75, 3.05) is 6.61 Å². The molecule has 0 fully saturated rings. The number of benzene rings is 1. The van der Waals surface area contributed by atoms with Gasteiger partial charge >= 0.3 is 5.97 Å². The highest BCUT2D eigenvalue weighted by Crippen LogP contribution is 2.13. The van der Waals surface area contributed by atoms with Crippen molar-refractivity contribution in [1.82, 2.24) is 4.57 Å². The van der Waals surface area contributed by atoms with Gasteiger partial charge in [-0.2, -0.15) is 0 Å². The molecule has 0 saturated carbocycles. The van der Waals surface area contributed by atoms with E-state index in [9.17, 15) is 14.0 Å². The van der Waals surface area contributed by atoms with Crippen LogP contribution in [0.3, 0.4) is 0 Å². The van der Waals surface area contributed by atoms with Crippen LogP contribution in [-0.4, -0.2) is 17.1 Å². The molecular formula is C13H12FNO3. The minimum absolute atomic E-state index is 0.0710. The minimum Gasteiger partial charge on any atom is -0.462 e. The molecule has 0 bridgehead atoms. The number of carbonyl (C=O) groups excluding carboxylic acids is 1. The number of hydrogen-bond acceptors (Lipinski definition) is 3. The Balaban J connectivity index is 2.49. The number of nitrogens with zero attached hydrogens (tertiary/aromatic N) is 1. The number of ether oxygens (including phenoxy) is 1. The predicted molar refractivity (Wildman–Crippen MR) is 65.0 cm³/mol. The topological polar surface area (TPSA) is 48.3 Å². The molecule has 2 aromatic rings. The molecule has 0 aliphatic carbocycles. The Morgan fingerprint density at radius 1 is 1.39 bits per heavy atom. The van der Waals surface area contributed by atoms with Gasteiger partial charge in [0.15, 0.2) is 0 Å². The lowest BCUT2D eigenvalue weighted by atomic mass is 10.2. The van der Waals surface area contributed by atoms with E-state index in [2.05, 4.69) is 4.74 Å².